The molecule has 0 saturated carbocycles. The largest absolute Gasteiger partial charge is 0.448 e. The second-order valence-corrected chi connectivity index (χ2v) is 2.21. The van der Waals surface area contributed by atoms with Gasteiger partial charge in [0.1, 0.15) is 6.61 Å². The lowest BCUT2D eigenvalue weighted by atomic mass is 10.4. The highest BCUT2D eigenvalue weighted by molar-refractivity contribution is 5.64. The number of aliphatic hydroxyl groups is 2. The van der Waals surface area contributed by atoms with Crippen LogP contribution in [0.5, 0.6) is 0 Å². The van der Waals surface area contributed by atoms with Gasteiger partial charge in [-0.2, -0.15) is 0 Å². The van der Waals surface area contributed by atoms with Crippen molar-refractivity contribution in [2.75, 3.05) is 26.3 Å². The molecule has 72 valence electrons. The minimum Gasteiger partial charge on any atom is -0.448 e. The molecule has 0 aliphatic rings. The van der Waals surface area contributed by atoms with Gasteiger partial charge in [0.25, 0.3) is 0 Å². The van der Waals surface area contributed by atoms with Gasteiger partial charge in [-0.3, -0.25) is 0 Å². The molecule has 12 heavy (non-hydrogen) atoms. The zero-order valence-corrected chi connectivity index (χ0v) is 6.69. The van der Waals surface area contributed by atoms with Crippen LogP contribution in [0.1, 0.15) is 0 Å². The summed E-state index contributed by atoms with van der Waals surface area (Å²) < 4.78 is 4.39. The molecular weight excluding hydrogens is 164 g/mol. The summed E-state index contributed by atoms with van der Waals surface area (Å²) in [5, 5.41) is 20.0. The lowest BCUT2D eigenvalue weighted by Gasteiger charge is -2.07. The van der Waals surface area contributed by atoms with Gasteiger partial charge >= 0.3 is 6.09 Å². The summed E-state index contributed by atoms with van der Waals surface area (Å²) in [7, 11) is 0. The van der Waals surface area contributed by atoms with Crippen molar-refractivity contribution in [3.8, 4) is 0 Å². The average Bonchev–Trinajstić information content (AvgIpc) is 2.03. The Morgan fingerprint density at radius 3 is 2.83 bits per heavy atom. The SMILES string of the molecule is NC(=O)OCCNC[C@H](O)CO. The molecule has 0 fully saturated rings. The number of nitrogens with two attached hydrogens (primary N) is 1. The maximum atomic E-state index is 10.0. The van der Waals surface area contributed by atoms with Crippen LogP contribution in [0.3, 0.4) is 0 Å². The number of carbonyl (C=O) groups is 1. The Morgan fingerprint density at radius 1 is 1.67 bits per heavy atom. The molecule has 0 bridgehead atoms. The molecule has 0 spiro atoms. The van der Waals surface area contributed by atoms with E-state index in [1.165, 1.54) is 0 Å². The van der Waals surface area contributed by atoms with E-state index in [4.69, 9.17) is 10.2 Å². The van der Waals surface area contributed by atoms with Crippen molar-refractivity contribution in [2.24, 2.45) is 5.73 Å². The van der Waals surface area contributed by atoms with Crippen LogP contribution in [-0.2, 0) is 4.74 Å². The van der Waals surface area contributed by atoms with E-state index in [-0.39, 0.29) is 19.8 Å². The zero-order chi connectivity index (χ0) is 9.40. The van der Waals surface area contributed by atoms with Gasteiger partial charge in [0.2, 0.25) is 0 Å². The third kappa shape index (κ3) is 7.26. The highest BCUT2D eigenvalue weighted by Crippen LogP contribution is 1.76. The van der Waals surface area contributed by atoms with Crippen molar-refractivity contribution in [1.82, 2.24) is 5.32 Å². The van der Waals surface area contributed by atoms with Crippen LogP contribution in [0.2, 0.25) is 0 Å². The molecule has 0 aliphatic heterocycles. The molecular formula is C6H14N2O4. The molecule has 0 aliphatic carbocycles. The Hall–Kier alpha value is -0.850. The molecule has 6 nitrogen and oxygen atoms in total. The van der Waals surface area contributed by atoms with Gasteiger partial charge < -0.3 is 26.0 Å². The molecule has 0 aromatic rings. The van der Waals surface area contributed by atoms with Gasteiger partial charge in [-0.05, 0) is 0 Å². The molecule has 0 aromatic carbocycles. The lowest BCUT2D eigenvalue weighted by molar-refractivity contribution is 0.0924. The first-order valence-corrected chi connectivity index (χ1v) is 3.58. The minimum absolute atomic E-state index is 0.160. The fourth-order valence-electron chi connectivity index (χ4n) is 0.557. The first-order valence-electron chi connectivity index (χ1n) is 3.58. The Kier molecular flexibility index (Phi) is 6.35. The number of amides is 1. The van der Waals surface area contributed by atoms with Crippen molar-refractivity contribution < 1.29 is 19.7 Å². The zero-order valence-electron chi connectivity index (χ0n) is 6.69. The Morgan fingerprint density at radius 2 is 2.33 bits per heavy atom. The van der Waals surface area contributed by atoms with Crippen LogP contribution >= 0.6 is 0 Å². The van der Waals surface area contributed by atoms with E-state index in [0.717, 1.165) is 0 Å². The first-order chi connectivity index (χ1) is 5.66. The van der Waals surface area contributed by atoms with E-state index in [0.29, 0.717) is 6.54 Å². The van der Waals surface area contributed by atoms with E-state index in [9.17, 15) is 4.79 Å². The monoisotopic (exact) mass is 178 g/mol. The van der Waals surface area contributed by atoms with Gasteiger partial charge in [-0.25, -0.2) is 4.79 Å². The second kappa shape index (κ2) is 6.84. The van der Waals surface area contributed by atoms with Crippen molar-refractivity contribution in [3.63, 3.8) is 0 Å². The van der Waals surface area contributed by atoms with E-state index in [1.807, 2.05) is 0 Å². The molecule has 6 heteroatoms. The number of nitrogens with one attached hydrogen (secondary N) is 1. The Balaban J connectivity index is 3.05. The predicted octanol–water partition coefficient (Wildman–Crippen LogP) is -1.98. The first kappa shape index (κ1) is 11.2. The molecule has 0 aromatic heterocycles. The fourth-order valence-corrected chi connectivity index (χ4v) is 0.557. The van der Waals surface area contributed by atoms with Crippen LogP contribution in [0, 0.1) is 0 Å². The third-order valence-electron chi connectivity index (χ3n) is 1.11. The van der Waals surface area contributed by atoms with Gasteiger partial charge in [-0.15, -0.1) is 0 Å². The standard InChI is InChI=1S/C6H14N2O4/c7-6(11)12-2-1-8-3-5(10)4-9/h5,8-10H,1-4H2,(H2,7,11)/t5-/m0/s1. The summed E-state index contributed by atoms with van der Waals surface area (Å²) in [5.41, 5.74) is 4.68. The highest BCUT2D eigenvalue weighted by atomic mass is 16.5. The smallest absolute Gasteiger partial charge is 0.404 e. The molecule has 1 amide bonds. The number of ether oxygens (including phenoxy) is 1. The maximum absolute atomic E-state index is 10.0. The molecule has 0 saturated heterocycles. The van der Waals surface area contributed by atoms with E-state index in [2.05, 4.69) is 15.8 Å². The number of hydrogen-bond acceptors (Lipinski definition) is 5. The Labute approximate surface area is 70.3 Å². The molecule has 5 N–H and O–H groups in total. The summed E-state index contributed by atoms with van der Waals surface area (Å²) in [4.78, 5) is 10.0. The average molecular weight is 178 g/mol. The van der Waals surface area contributed by atoms with Crippen LogP contribution in [0.15, 0.2) is 0 Å². The van der Waals surface area contributed by atoms with Crippen molar-refractivity contribution in [3.05, 3.63) is 0 Å². The normalized spacial score (nSPS) is 12.5. The number of aliphatic hydroxyl groups excluding tert-OH is 2. The van der Waals surface area contributed by atoms with Crippen LogP contribution < -0.4 is 11.1 Å². The van der Waals surface area contributed by atoms with Crippen molar-refractivity contribution in [2.45, 2.75) is 6.10 Å². The van der Waals surface area contributed by atoms with Gasteiger partial charge in [0, 0.05) is 13.1 Å². The Bertz CT molecular complexity index is 131. The van der Waals surface area contributed by atoms with Crippen molar-refractivity contribution in [1.29, 1.82) is 0 Å². The highest BCUT2D eigenvalue weighted by Gasteiger charge is 1.99. The number of rotatable bonds is 6. The van der Waals surface area contributed by atoms with Crippen LogP contribution in [0.25, 0.3) is 0 Å². The molecule has 1 atom stereocenters. The topological polar surface area (TPSA) is 105 Å². The third-order valence-corrected chi connectivity index (χ3v) is 1.11. The summed E-state index contributed by atoms with van der Waals surface area (Å²) in [6.45, 7) is 0.537. The van der Waals surface area contributed by atoms with E-state index < -0.39 is 12.2 Å². The number of primary amides is 1. The summed E-state index contributed by atoms with van der Waals surface area (Å²) >= 11 is 0. The molecule has 0 heterocycles. The maximum Gasteiger partial charge on any atom is 0.404 e. The lowest BCUT2D eigenvalue weighted by Crippen LogP contribution is -2.32. The van der Waals surface area contributed by atoms with Gasteiger partial charge in [0.05, 0.1) is 12.7 Å². The second-order valence-electron chi connectivity index (χ2n) is 2.21. The fraction of sp³-hybridized carbons (Fsp3) is 0.833. The van der Waals surface area contributed by atoms with Crippen LogP contribution in [-0.4, -0.2) is 48.7 Å². The number of hydrogen-bond donors (Lipinski definition) is 4. The summed E-state index contributed by atoms with van der Waals surface area (Å²) in [5.74, 6) is 0. The van der Waals surface area contributed by atoms with Crippen molar-refractivity contribution >= 4 is 6.09 Å². The van der Waals surface area contributed by atoms with E-state index >= 15 is 0 Å². The predicted molar refractivity (Wildman–Crippen MR) is 41.5 cm³/mol. The quantitative estimate of drug-likeness (QED) is 0.353. The minimum atomic E-state index is -0.820. The van der Waals surface area contributed by atoms with E-state index in [1.54, 1.807) is 0 Å². The summed E-state index contributed by atoms with van der Waals surface area (Å²) in [6.07, 6.45) is -1.60. The molecule has 0 rings (SSSR count). The van der Waals surface area contributed by atoms with Crippen LogP contribution in [0.4, 0.5) is 4.79 Å². The molecule has 0 unspecified atom stereocenters. The molecule has 0 radical (unpaired) electrons. The van der Waals surface area contributed by atoms with Gasteiger partial charge in [0.15, 0.2) is 0 Å². The number of carbonyl (C=O) groups excluding carboxylic acids is 1. The van der Waals surface area contributed by atoms with Gasteiger partial charge in [-0.1, -0.05) is 0 Å². The summed E-state index contributed by atoms with van der Waals surface area (Å²) in [6, 6.07) is 0.